The van der Waals surface area contributed by atoms with Gasteiger partial charge in [0.2, 0.25) is 65.0 Å². The van der Waals surface area contributed by atoms with Crippen molar-refractivity contribution < 1.29 is 65.9 Å². The van der Waals surface area contributed by atoms with Crippen LogP contribution in [0, 0.1) is 23.7 Å². The molecule has 0 radical (unpaired) electrons. The van der Waals surface area contributed by atoms with Gasteiger partial charge in [-0.25, -0.2) is 0 Å². The average molecular weight is 1290 g/mol. The summed E-state index contributed by atoms with van der Waals surface area (Å²) >= 11 is 6.10. The summed E-state index contributed by atoms with van der Waals surface area (Å²) in [5.41, 5.74) is -2.42. The van der Waals surface area contributed by atoms with Crippen LogP contribution < -0.4 is 16.0 Å². The van der Waals surface area contributed by atoms with Crippen LogP contribution in [0.4, 0.5) is 13.2 Å². The number of nitrogens with one attached hydrogen (secondary N) is 3. The summed E-state index contributed by atoms with van der Waals surface area (Å²) in [6, 6.07) is -4.64. The lowest BCUT2D eigenvalue weighted by molar-refractivity contribution is -0.152. The molecular formula is C64H101ClF3N11O11. The number of nitrogens with zero attached hydrogens (tertiary/aromatic N) is 8. The Morgan fingerprint density at radius 2 is 1.27 bits per heavy atom. The Morgan fingerprint density at radius 3 is 1.83 bits per heavy atom. The molecule has 0 aromatic heterocycles. The molecular weight excluding hydrogens is 1190 g/mol. The second kappa shape index (κ2) is 33.2. The largest absolute Gasteiger partial charge is 0.417 e. The van der Waals surface area contributed by atoms with Gasteiger partial charge in [-0.3, -0.25) is 52.7 Å². The maximum absolute atomic E-state index is 14.9. The number of carbonyl (C=O) groups is 11. The van der Waals surface area contributed by atoms with Gasteiger partial charge >= 0.3 is 6.18 Å². The molecule has 22 nitrogen and oxygen atoms in total. The van der Waals surface area contributed by atoms with E-state index in [1.165, 1.54) is 86.8 Å². The number of likely N-dealkylation sites (N-methyl/N-ethyl adjacent to an activating group) is 7. The molecule has 1 aliphatic carbocycles. The van der Waals surface area contributed by atoms with E-state index in [0.717, 1.165) is 58.9 Å². The van der Waals surface area contributed by atoms with E-state index >= 15 is 0 Å². The molecule has 2 aliphatic heterocycles. The molecule has 0 spiro atoms. The third-order valence-electron chi connectivity index (χ3n) is 18.6. The van der Waals surface area contributed by atoms with E-state index in [1.807, 2.05) is 20.8 Å². The summed E-state index contributed by atoms with van der Waals surface area (Å²) in [5.74, 6) is -7.95. The molecule has 26 heteroatoms. The van der Waals surface area contributed by atoms with Crippen molar-refractivity contribution >= 4 is 76.6 Å². The van der Waals surface area contributed by atoms with E-state index in [2.05, 4.69) is 16.0 Å². The van der Waals surface area contributed by atoms with Crippen LogP contribution in [0.15, 0.2) is 18.2 Å². The summed E-state index contributed by atoms with van der Waals surface area (Å²) < 4.78 is 41.2. The first-order valence-electron chi connectivity index (χ1n) is 31.8. The highest BCUT2D eigenvalue weighted by atomic mass is 35.5. The van der Waals surface area contributed by atoms with Crippen molar-refractivity contribution in [3.05, 3.63) is 34.3 Å². The van der Waals surface area contributed by atoms with Crippen molar-refractivity contribution in [1.29, 1.82) is 0 Å². The van der Waals surface area contributed by atoms with Crippen LogP contribution in [0.5, 0.6) is 0 Å². The lowest BCUT2D eigenvalue weighted by Crippen LogP contribution is -2.64. The lowest BCUT2D eigenvalue weighted by Gasteiger charge is -2.40. The SMILES string of the molecule is CC[C@H](C)[C@@H]1NC(=O)[C@H](CC(C)C)N(C)C(=O)C[C@@H](C)N(C)C(=O)[C@H](C(C)C)N(C)C(=O)[C@](C)(CC)NC(=O)[C@@H]2CCCN2C(=O)[C@H](CCc2ccc(C(F)(F)F)c(Cl)c2)NC(=O)CN(C)C(=O)[C@H](CC2CCCCC2)N(C)C(=O)CN(C)C(=O)CN(C)C1=O. The average Bonchev–Trinajstić information content (AvgIpc) is 1.32. The van der Waals surface area contributed by atoms with E-state index < -0.39 is 161 Å². The van der Waals surface area contributed by atoms with Gasteiger partial charge in [-0.15, -0.1) is 0 Å². The Morgan fingerprint density at radius 1 is 0.667 bits per heavy atom. The number of hydrogen-bond acceptors (Lipinski definition) is 11. The first-order chi connectivity index (χ1) is 41.9. The number of carbonyl (C=O) groups excluding carboxylic acids is 11. The van der Waals surface area contributed by atoms with Crippen LogP contribution in [0.3, 0.4) is 0 Å². The molecule has 3 N–H and O–H groups in total. The lowest BCUT2D eigenvalue weighted by atomic mass is 9.84. The molecule has 506 valence electrons. The van der Waals surface area contributed by atoms with E-state index in [1.54, 1.807) is 34.6 Å². The number of alkyl halides is 3. The number of aryl methyl sites for hydroxylation is 1. The van der Waals surface area contributed by atoms with Gasteiger partial charge in [-0.05, 0) is 100 Å². The second-order valence-electron chi connectivity index (χ2n) is 26.4. The first kappa shape index (κ1) is 75.9. The molecule has 1 saturated carbocycles. The zero-order chi connectivity index (χ0) is 68.0. The second-order valence-corrected chi connectivity index (χ2v) is 26.8. The van der Waals surface area contributed by atoms with Crippen molar-refractivity contribution in [3.63, 3.8) is 0 Å². The zero-order valence-corrected chi connectivity index (χ0v) is 56.6. The predicted molar refractivity (Wildman–Crippen MR) is 335 cm³/mol. The van der Waals surface area contributed by atoms with Crippen molar-refractivity contribution in [2.45, 2.75) is 206 Å². The number of halogens is 4. The third kappa shape index (κ3) is 19.7. The Hall–Kier alpha value is -6.53. The Bertz CT molecular complexity index is 2750. The van der Waals surface area contributed by atoms with Crippen LogP contribution in [-0.4, -0.2) is 228 Å². The van der Waals surface area contributed by atoms with Gasteiger partial charge in [0, 0.05) is 68.3 Å². The normalized spacial score (nSPS) is 26.8. The topological polar surface area (TPSA) is 250 Å². The molecule has 0 unspecified atom stereocenters. The van der Waals surface area contributed by atoms with E-state index in [0.29, 0.717) is 18.4 Å². The van der Waals surface area contributed by atoms with Gasteiger partial charge in [0.25, 0.3) is 0 Å². The standard InChI is InChI=1S/C64H101ClF3N11O11/c1-17-40(7)54-60(88)74(12)36-52(82)72(10)37-53(83)77(15)49(34-42-23-20-19-21-24-42)59(87)73(11)35-50(80)69-46(29-27-43-26-28-44(45(65)33-43)64(66,67)68)58(86)79-30-22-25-47(79)57(85)71-63(9,18-2)62(90)78(16)55(39(5)6)61(89)75(13)41(8)32-51(81)76(14)48(31-38(3)4)56(84)70-54/h26,28,33,38-42,46-49,54-55H,17-25,27,29-32,34-37H2,1-16H3,(H,69,80)(H,70,84)(H,71,85)/t40-,41+,46-,47-,48-,49-,54-,55-,63-/m0/s1. The van der Waals surface area contributed by atoms with Gasteiger partial charge in [-0.1, -0.05) is 105 Å². The Labute approximate surface area is 535 Å². The van der Waals surface area contributed by atoms with Crippen molar-refractivity contribution in [2.75, 3.05) is 75.5 Å². The number of amides is 11. The number of benzene rings is 1. The summed E-state index contributed by atoms with van der Waals surface area (Å²) in [4.78, 5) is 169. The Balaban J connectivity index is 1.81. The van der Waals surface area contributed by atoms with Crippen molar-refractivity contribution in [2.24, 2.45) is 23.7 Å². The minimum absolute atomic E-state index is 0.0305. The number of fused-ring (bicyclic) bond motifs is 1. The van der Waals surface area contributed by atoms with Crippen molar-refractivity contribution in [3.8, 4) is 0 Å². The molecule has 2 saturated heterocycles. The zero-order valence-electron chi connectivity index (χ0n) is 55.9. The highest BCUT2D eigenvalue weighted by molar-refractivity contribution is 6.31. The quantitative estimate of drug-likeness (QED) is 0.254. The minimum Gasteiger partial charge on any atom is -0.343 e. The maximum atomic E-state index is 14.9. The molecule has 9 atom stereocenters. The molecule has 11 amide bonds. The number of hydrogen-bond donors (Lipinski definition) is 3. The number of rotatable bonds is 11. The molecule has 3 fully saturated rings. The van der Waals surface area contributed by atoms with Crippen LogP contribution in [0.2, 0.25) is 5.02 Å². The molecule has 2 heterocycles. The maximum Gasteiger partial charge on any atom is 0.417 e. The van der Waals surface area contributed by atoms with E-state index in [4.69, 9.17) is 11.6 Å². The van der Waals surface area contributed by atoms with Crippen LogP contribution in [0.25, 0.3) is 0 Å². The predicted octanol–water partition coefficient (Wildman–Crippen LogP) is 5.36. The van der Waals surface area contributed by atoms with Crippen LogP contribution >= 0.6 is 11.6 Å². The first-order valence-corrected chi connectivity index (χ1v) is 32.2. The van der Waals surface area contributed by atoms with Crippen LogP contribution in [0.1, 0.15) is 157 Å². The fourth-order valence-corrected chi connectivity index (χ4v) is 12.5. The van der Waals surface area contributed by atoms with Gasteiger partial charge in [-0.2, -0.15) is 13.2 Å². The molecule has 90 heavy (non-hydrogen) atoms. The van der Waals surface area contributed by atoms with Crippen LogP contribution in [-0.2, 0) is 65.3 Å². The molecule has 0 bridgehead atoms. The molecule has 4 rings (SSSR count). The highest BCUT2D eigenvalue weighted by Gasteiger charge is 2.46. The minimum atomic E-state index is -4.75. The summed E-state index contributed by atoms with van der Waals surface area (Å²) in [7, 11) is 10.0. The third-order valence-corrected chi connectivity index (χ3v) is 18.9. The molecule has 3 aliphatic rings. The summed E-state index contributed by atoms with van der Waals surface area (Å²) in [5, 5.41) is 7.91. The highest BCUT2D eigenvalue weighted by Crippen LogP contribution is 2.36. The van der Waals surface area contributed by atoms with Gasteiger partial charge in [0.05, 0.1) is 30.2 Å². The van der Waals surface area contributed by atoms with Gasteiger partial charge in [0.1, 0.15) is 41.8 Å². The summed E-state index contributed by atoms with van der Waals surface area (Å²) in [6.45, 7) is 14.1. The van der Waals surface area contributed by atoms with Gasteiger partial charge in [0.15, 0.2) is 0 Å². The van der Waals surface area contributed by atoms with E-state index in [9.17, 15) is 65.9 Å². The fraction of sp³-hybridized carbons (Fsp3) is 0.734. The van der Waals surface area contributed by atoms with Crippen molar-refractivity contribution in [1.82, 2.24) is 55.1 Å². The Kier molecular flexibility index (Phi) is 28.0. The molecule has 1 aromatic carbocycles. The van der Waals surface area contributed by atoms with Gasteiger partial charge < -0.3 is 55.1 Å². The van der Waals surface area contributed by atoms with E-state index in [-0.39, 0.29) is 63.3 Å². The fourth-order valence-electron chi connectivity index (χ4n) is 12.2. The monoisotopic (exact) mass is 1290 g/mol. The summed E-state index contributed by atoms with van der Waals surface area (Å²) in [6.07, 6.45) is 0.500. The smallest absolute Gasteiger partial charge is 0.343 e. The molecule has 1 aromatic rings.